The minimum Gasteiger partial charge on any atom is -0.337 e. The van der Waals surface area contributed by atoms with Crippen molar-refractivity contribution in [3.05, 3.63) is 34.2 Å². The third-order valence-electron chi connectivity index (χ3n) is 7.37. The van der Waals surface area contributed by atoms with Gasteiger partial charge in [0, 0.05) is 25.0 Å². The van der Waals surface area contributed by atoms with Gasteiger partial charge in [0.1, 0.15) is 4.91 Å². The van der Waals surface area contributed by atoms with E-state index in [4.69, 9.17) is 4.99 Å². The zero-order chi connectivity index (χ0) is 26.3. The Morgan fingerprint density at radius 1 is 0.730 bits per heavy atom. The summed E-state index contributed by atoms with van der Waals surface area (Å²) in [6.45, 7) is 5.81. The van der Waals surface area contributed by atoms with Gasteiger partial charge in [-0.1, -0.05) is 127 Å². The molecule has 0 N–H and O–H groups in total. The van der Waals surface area contributed by atoms with Crippen LogP contribution >= 0.6 is 23.5 Å². The summed E-state index contributed by atoms with van der Waals surface area (Å²) in [5, 5.41) is 1.91. The van der Waals surface area contributed by atoms with Crippen molar-refractivity contribution < 1.29 is 4.79 Å². The Kier molecular flexibility index (Phi) is 14.0. The number of rotatable bonds is 18. The van der Waals surface area contributed by atoms with Crippen molar-refractivity contribution in [1.82, 2.24) is 4.90 Å². The fourth-order valence-corrected chi connectivity index (χ4v) is 7.48. The van der Waals surface area contributed by atoms with E-state index in [1.165, 1.54) is 107 Å². The van der Waals surface area contributed by atoms with Gasteiger partial charge in [-0.2, -0.15) is 0 Å². The molecule has 1 saturated heterocycles. The molecule has 0 bridgehead atoms. The summed E-state index contributed by atoms with van der Waals surface area (Å²) in [4.78, 5) is 24.0. The van der Waals surface area contributed by atoms with Crippen molar-refractivity contribution >= 4 is 40.3 Å². The van der Waals surface area contributed by atoms with Crippen LogP contribution in [0.5, 0.6) is 0 Å². The highest BCUT2D eigenvalue weighted by Gasteiger charge is 2.38. The number of anilines is 1. The average molecular weight is 544 g/mol. The maximum absolute atomic E-state index is 13.1. The number of unbranched alkanes of at least 4 members (excludes halogenated alkanes) is 15. The zero-order valence-corrected chi connectivity index (χ0v) is 25.2. The number of nitrogens with zero attached hydrogens (tertiary/aromatic N) is 3. The SMILES string of the molecule is CCCCCCCCCCCCCCCCCCN=C1SC(=C2Sc3ccccc3N2C)C(=O)N1CC. The number of carbonyl (C=O) groups is 1. The van der Waals surface area contributed by atoms with E-state index in [1.54, 1.807) is 23.5 Å². The van der Waals surface area contributed by atoms with Crippen LogP contribution in [0.2, 0.25) is 0 Å². The summed E-state index contributed by atoms with van der Waals surface area (Å²) in [5.41, 5.74) is 1.17. The van der Waals surface area contributed by atoms with E-state index in [0.29, 0.717) is 6.54 Å². The number of hydrogen-bond acceptors (Lipinski definition) is 5. The topological polar surface area (TPSA) is 35.9 Å². The van der Waals surface area contributed by atoms with Crippen molar-refractivity contribution in [3.63, 3.8) is 0 Å². The Morgan fingerprint density at radius 3 is 1.81 bits per heavy atom. The van der Waals surface area contributed by atoms with Gasteiger partial charge in [0.05, 0.1) is 10.7 Å². The summed E-state index contributed by atoms with van der Waals surface area (Å²) in [5.74, 6) is 0.0976. The third kappa shape index (κ3) is 9.38. The summed E-state index contributed by atoms with van der Waals surface area (Å²) in [6, 6.07) is 8.35. The predicted octanol–water partition coefficient (Wildman–Crippen LogP) is 9.61. The Bertz CT molecular complexity index is 898. The molecule has 1 aromatic rings. The first-order valence-electron chi connectivity index (χ1n) is 15.0. The second-order valence-electron chi connectivity index (χ2n) is 10.4. The Hall–Kier alpha value is -1.40. The van der Waals surface area contributed by atoms with Crippen molar-refractivity contribution in [3.8, 4) is 0 Å². The van der Waals surface area contributed by atoms with E-state index in [1.807, 2.05) is 11.8 Å². The summed E-state index contributed by atoms with van der Waals surface area (Å²) < 4.78 is 0. The standard InChI is InChI=1S/C31H49N3OS2/c1-4-6-7-8-9-10-11-12-13-14-15-16-17-18-19-22-25-32-31-34(5-2)29(35)28(37-31)30-33(3)26-23-20-21-24-27(26)36-30/h20-21,23-24H,4-19,22,25H2,1-3H3. The van der Waals surface area contributed by atoms with Crippen LogP contribution in [0.1, 0.15) is 117 Å². The molecule has 37 heavy (non-hydrogen) atoms. The van der Waals surface area contributed by atoms with Crippen molar-refractivity contribution in [1.29, 1.82) is 0 Å². The molecule has 0 aromatic heterocycles. The van der Waals surface area contributed by atoms with Gasteiger partial charge in [-0.05, 0) is 37.2 Å². The lowest BCUT2D eigenvalue weighted by molar-refractivity contribution is -0.122. The highest BCUT2D eigenvalue weighted by atomic mass is 32.2. The quantitative estimate of drug-likeness (QED) is 0.136. The molecule has 4 nitrogen and oxygen atoms in total. The van der Waals surface area contributed by atoms with Crippen LogP contribution in [-0.4, -0.2) is 36.1 Å². The van der Waals surface area contributed by atoms with Crippen LogP contribution < -0.4 is 4.90 Å². The van der Waals surface area contributed by atoms with E-state index in [9.17, 15) is 4.79 Å². The highest BCUT2D eigenvalue weighted by Crippen LogP contribution is 2.49. The van der Waals surface area contributed by atoms with E-state index >= 15 is 0 Å². The first-order valence-corrected chi connectivity index (χ1v) is 16.6. The number of carbonyl (C=O) groups excluding carboxylic acids is 1. The lowest BCUT2D eigenvalue weighted by Gasteiger charge is -2.15. The maximum Gasteiger partial charge on any atom is 0.269 e. The number of likely N-dealkylation sites (N-methyl/N-ethyl adjacent to an activating group) is 1. The molecule has 206 valence electrons. The second kappa shape index (κ2) is 17.2. The van der Waals surface area contributed by atoms with Gasteiger partial charge < -0.3 is 4.90 Å². The Balaban J connectivity index is 1.26. The van der Waals surface area contributed by atoms with Gasteiger partial charge in [0.25, 0.3) is 5.91 Å². The molecular weight excluding hydrogens is 494 g/mol. The number of thioether (sulfide) groups is 2. The number of amidine groups is 1. The zero-order valence-electron chi connectivity index (χ0n) is 23.6. The molecule has 1 amide bonds. The van der Waals surface area contributed by atoms with Gasteiger partial charge >= 0.3 is 0 Å². The molecule has 3 rings (SSSR count). The first-order chi connectivity index (χ1) is 18.2. The minimum absolute atomic E-state index is 0.0976. The van der Waals surface area contributed by atoms with Gasteiger partial charge in [0.2, 0.25) is 0 Å². The molecule has 2 aliphatic rings. The molecule has 1 aromatic carbocycles. The van der Waals surface area contributed by atoms with Gasteiger partial charge in [0.15, 0.2) is 5.17 Å². The van der Waals surface area contributed by atoms with E-state index in [2.05, 4.69) is 43.1 Å². The van der Waals surface area contributed by atoms with Crippen molar-refractivity contribution in [2.45, 2.75) is 121 Å². The smallest absolute Gasteiger partial charge is 0.269 e. The number of benzene rings is 1. The maximum atomic E-state index is 13.1. The molecule has 0 saturated carbocycles. The van der Waals surface area contributed by atoms with Crippen LogP contribution in [0.25, 0.3) is 0 Å². The number of hydrogen-bond donors (Lipinski definition) is 0. The van der Waals surface area contributed by atoms with E-state index < -0.39 is 0 Å². The number of para-hydroxylation sites is 1. The normalized spacial score (nSPS) is 18.5. The summed E-state index contributed by atoms with van der Waals surface area (Å²) >= 11 is 3.25. The fraction of sp³-hybridized carbons (Fsp3) is 0.677. The number of fused-ring (bicyclic) bond motifs is 1. The van der Waals surface area contributed by atoms with Crippen molar-refractivity contribution in [2.24, 2.45) is 4.99 Å². The van der Waals surface area contributed by atoms with E-state index in [-0.39, 0.29) is 5.91 Å². The van der Waals surface area contributed by atoms with Gasteiger partial charge in [-0.3, -0.25) is 14.7 Å². The molecule has 0 atom stereocenters. The minimum atomic E-state index is 0.0976. The molecule has 1 fully saturated rings. The molecule has 2 aliphatic heterocycles. The fourth-order valence-electron chi connectivity index (χ4n) is 5.07. The number of amides is 1. The number of aliphatic imine (C=N–C) groups is 1. The monoisotopic (exact) mass is 543 g/mol. The molecular formula is C31H49N3OS2. The molecule has 0 spiro atoms. The van der Waals surface area contributed by atoms with Crippen LogP contribution in [0, 0.1) is 0 Å². The second-order valence-corrected chi connectivity index (χ2v) is 12.4. The van der Waals surface area contributed by atoms with Crippen LogP contribution in [0.4, 0.5) is 5.69 Å². The van der Waals surface area contributed by atoms with Crippen LogP contribution in [-0.2, 0) is 4.79 Å². The molecule has 0 unspecified atom stereocenters. The van der Waals surface area contributed by atoms with Gasteiger partial charge in [-0.25, -0.2) is 0 Å². The lowest BCUT2D eigenvalue weighted by Crippen LogP contribution is -2.29. The van der Waals surface area contributed by atoms with Crippen molar-refractivity contribution in [2.75, 3.05) is 25.0 Å². The largest absolute Gasteiger partial charge is 0.337 e. The average Bonchev–Trinajstić information content (AvgIpc) is 3.41. The Labute approximate surface area is 235 Å². The Morgan fingerprint density at radius 2 is 1.27 bits per heavy atom. The highest BCUT2D eigenvalue weighted by molar-refractivity contribution is 8.19. The molecule has 0 radical (unpaired) electrons. The van der Waals surface area contributed by atoms with Crippen LogP contribution in [0.3, 0.4) is 0 Å². The first kappa shape index (κ1) is 30.1. The third-order valence-corrected chi connectivity index (χ3v) is 9.84. The molecule has 2 heterocycles. The molecule has 0 aliphatic carbocycles. The van der Waals surface area contributed by atoms with Crippen LogP contribution in [0.15, 0.2) is 44.1 Å². The van der Waals surface area contributed by atoms with E-state index in [0.717, 1.165) is 28.1 Å². The lowest BCUT2D eigenvalue weighted by atomic mass is 10.0. The predicted molar refractivity (Wildman–Crippen MR) is 165 cm³/mol. The molecule has 6 heteroatoms. The summed E-state index contributed by atoms with van der Waals surface area (Å²) in [7, 11) is 2.05. The summed E-state index contributed by atoms with van der Waals surface area (Å²) in [6.07, 6.45) is 22.0. The van der Waals surface area contributed by atoms with Gasteiger partial charge in [-0.15, -0.1) is 0 Å².